The Morgan fingerprint density at radius 1 is 0.812 bits per heavy atom. The van der Waals surface area contributed by atoms with E-state index in [0.29, 0.717) is 12.2 Å². The van der Waals surface area contributed by atoms with E-state index in [1.807, 2.05) is 0 Å². The molecule has 8 heteroatoms. The van der Waals surface area contributed by atoms with Crippen molar-refractivity contribution in [1.82, 2.24) is 0 Å². The minimum Gasteiger partial charge on any atom is -0.479 e. The van der Waals surface area contributed by atoms with E-state index in [1.54, 1.807) is 0 Å². The average molecular weight is 232 g/mol. The number of aliphatic carboxylic acids is 2. The SMILES string of the molecule is O=C(O)COC(=O)/C=C\C(=O)OCC(=O)O. The minimum absolute atomic E-state index is 0.632. The highest BCUT2D eigenvalue weighted by Crippen LogP contribution is 1.86. The highest BCUT2D eigenvalue weighted by molar-refractivity contribution is 5.92. The Hall–Kier alpha value is -2.38. The van der Waals surface area contributed by atoms with E-state index < -0.39 is 37.1 Å². The van der Waals surface area contributed by atoms with Crippen LogP contribution in [0.4, 0.5) is 0 Å². The van der Waals surface area contributed by atoms with Crippen molar-refractivity contribution >= 4 is 23.9 Å². The van der Waals surface area contributed by atoms with Gasteiger partial charge in [0.2, 0.25) is 0 Å². The normalized spacial score (nSPS) is 9.75. The Bertz CT molecular complexity index is 297. The molecule has 0 heterocycles. The van der Waals surface area contributed by atoms with Crippen molar-refractivity contribution < 1.29 is 38.9 Å². The summed E-state index contributed by atoms with van der Waals surface area (Å²) in [5.74, 6) is -4.77. The summed E-state index contributed by atoms with van der Waals surface area (Å²) < 4.78 is 8.26. The average Bonchev–Trinajstić information content (AvgIpc) is 2.20. The number of hydrogen-bond donors (Lipinski definition) is 2. The minimum atomic E-state index is -1.34. The molecule has 0 unspecified atom stereocenters. The molecule has 0 aromatic rings. The molecule has 0 amide bonds. The molecule has 0 aliphatic rings. The molecule has 0 radical (unpaired) electrons. The van der Waals surface area contributed by atoms with Crippen molar-refractivity contribution in [2.24, 2.45) is 0 Å². The van der Waals surface area contributed by atoms with Crippen LogP contribution in [0.25, 0.3) is 0 Å². The molecule has 2 N–H and O–H groups in total. The molecule has 0 rings (SSSR count). The summed E-state index contributed by atoms with van der Waals surface area (Å²) in [6.07, 6.45) is 1.26. The second-order valence-electron chi connectivity index (χ2n) is 2.34. The van der Waals surface area contributed by atoms with Crippen molar-refractivity contribution in [3.63, 3.8) is 0 Å². The zero-order chi connectivity index (χ0) is 12.6. The number of carbonyl (C=O) groups excluding carboxylic acids is 2. The van der Waals surface area contributed by atoms with E-state index in [-0.39, 0.29) is 0 Å². The zero-order valence-corrected chi connectivity index (χ0v) is 7.91. The summed E-state index contributed by atoms with van der Waals surface area (Å²) in [4.78, 5) is 41.3. The van der Waals surface area contributed by atoms with E-state index in [9.17, 15) is 19.2 Å². The van der Waals surface area contributed by atoms with Crippen LogP contribution in [0, 0.1) is 0 Å². The Morgan fingerprint density at radius 2 is 1.12 bits per heavy atom. The van der Waals surface area contributed by atoms with Crippen LogP contribution < -0.4 is 0 Å². The fourth-order valence-corrected chi connectivity index (χ4v) is 0.498. The second-order valence-corrected chi connectivity index (χ2v) is 2.34. The fourth-order valence-electron chi connectivity index (χ4n) is 0.498. The first-order valence-corrected chi connectivity index (χ1v) is 3.87. The molecule has 0 bridgehead atoms. The topological polar surface area (TPSA) is 127 Å². The molecule has 0 aliphatic carbocycles. The van der Waals surface area contributed by atoms with Crippen molar-refractivity contribution in [3.05, 3.63) is 12.2 Å². The Morgan fingerprint density at radius 3 is 1.38 bits per heavy atom. The number of ether oxygens (including phenoxy) is 2. The third-order valence-corrected chi connectivity index (χ3v) is 1.03. The lowest BCUT2D eigenvalue weighted by atomic mass is 10.5. The summed E-state index contributed by atoms with van der Waals surface area (Å²) in [6.45, 7) is -1.65. The molecular weight excluding hydrogens is 224 g/mol. The molecule has 0 saturated heterocycles. The first-order valence-electron chi connectivity index (χ1n) is 3.87. The van der Waals surface area contributed by atoms with Gasteiger partial charge in [-0.2, -0.15) is 0 Å². The van der Waals surface area contributed by atoms with Crippen LogP contribution in [-0.4, -0.2) is 47.3 Å². The second kappa shape index (κ2) is 6.98. The number of hydrogen-bond acceptors (Lipinski definition) is 6. The summed E-state index contributed by atoms with van der Waals surface area (Å²) in [5, 5.41) is 16.3. The van der Waals surface area contributed by atoms with Gasteiger partial charge in [-0.15, -0.1) is 0 Å². The van der Waals surface area contributed by atoms with Crippen molar-refractivity contribution in [2.45, 2.75) is 0 Å². The number of esters is 2. The highest BCUT2D eigenvalue weighted by Gasteiger charge is 2.05. The summed E-state index contributed by atoms with van der Waals surface area (Å²) >= 11 is 0. The lowest BCUT2D eigenvalue weighted by Gasteiger charge is -1.97. The van der Waals surface area contributed by atoms with Crippen LogP contribution >= 0.6 is 0 Å². The van der Waals surface area contributed by atoms with Gasteiger partial charge in [-0.3, -0.25) is 0 Å². The lowest BCUT2D eigenvalue weighted by molar-refractivity contribution is -0.152. The molecule has 0 atom stereocenters. The molecular formula is C8H8O8. The van der Waals surface area contributed by atoms with E-state index in [1.165, 1.54) is 0 Å². The third-order valence-electron chi connectivity index (χ3n) is 1.03. The number of carbonyl (C=O) groups is 4. The van der Waals surface area contributed by atoms with Crippen LogP contribution in [0.1, 0.15) is 0 Å². The van der Waals surface area contributed by atoms with Gasteiger partial charge in [0.05, 0.1) is 0 Å². The maximum Gasteiger partial charge on any atom is 0.341 e. The van der Waals surface area contributed by atoms with Gasteiger partial charge in [0.25, 0.3) is 0 Å². The van der Waals surface area contributed by atoms with Gasteiger partial charge < -0.3 is 19.7 Å². The molecule has 0 aromatic heterocycles. The van der Waals surface area contributed by atoms with Gasteiger partial charge in [-0.25, -0.2) is 19.2 Å². The number of rotatable bonds is 6. The van der Waals surface area contributed by atoms with Gasteiger partial charge in [0.1, 0.15) is 0 Å². The zero-order valence-electron chi connectivity index (χ0n) is 7.91. The number of carboxylic acid groups (broad SMARTS) is 2. The van der Waals surface area contributed by atoms with Crippen molar-refractivity contribution in [1.29, 1.82) is 0 Å². The summed E-state index contributed by atoms with van der Waals surface area (Å²) in [5.41, 5.74) is 0. The number of carboxylic acids is 2. The monoisotopic (exact) mass is 232 g/mol. The summed E-state index contributed by atoms with van der Waals surface area (Å²) in [7, 11) is 0. The molecule has 0 aromatic carbocycles. The van der Waals surface area contributed by atoms with E-state index >= 15 is 0 Å². The van der Waals surface area contributed by atoms with E-state index in [4.69, 9.17) is 10.2 Å². The Kier molecular flexibility index (Phi) is 5.95. The first kappa shape index (κ1) is 13.6. The van der Waals surface area contributed by atoms with Crippen molar-refractivity contribution in [2.75, 3.05) is 13.2 Å². The van der Waals surface area contributed by atoms with Gasteiger partial charge >= 0.3 is 23.9 Å². The van der Waals surface area contributed by atoms with Crippen molar-refractivity contribution in [3.8, 4) is 0 Å². The van der Waals surface area contributed by atoms with Gasteiger partial charge in [0.15, 0.2) is 13.2 Å². The fraction of sp³-hybridized carbons (Fsp3) is 0.250. The highest BCUT2D eigenvalue weighted by atomic mass is 16.6. The Labute approximate surface area is 89.1 Å². The molecule has 88 valence electrons. The maximum atomic E-state index is 10.7. The smallest absolute Gasteiger partial charge is 0.341 e. The standard InChI is InChI=1S/C8H8O8/c9-5(10)3-15-7(13)1-2-8(14)16-4-6(11)12/h1-2H,3-4H2,(H,9,10)(H,11,12)/b2-1-. The predicted molar refractivity (Wildman–Crippen MR) is 46.3 cm³/mol. The molecule has 0 spiro atoms. The van der Waals surface area contributed by atoms with E-state index in [0.717, 1.165) is 0 Å². The van der Waals surface area contributed by atoms with Crippen LogP contribution in [-0.2, 0) is 28.7 Å². The molecule has 8 nitrogen and oxygen atoms in total. The van der Waals surface area contributed by atoms with Gasteiger partial charge in [0, 0.05) is 12.2 Å². The molecule has 16 heavy (non-hydrogen) atoms. The van der Waals surface area contributed by atoms with Crippen LogP contribution in [0.2, 0.25) is 0 Å². The predicted octanol–water partition coefficient (Wildman–Crippen LogP) is -1.20. The Balaban J connectivity index is 3.88. The third kappa shape index (κ3) is 8.23. The molecule has 0 fully saturated rings. The summed E-state index contributed by atoms with van der Waals surface area (Å²) in [6, 6.07) is 0. The lowest BCUT2D eigenvalue weighted by Crippen LogP contribution is -2.13. The van der Waals surface area contributed by atoms with Gasteiger partial charge in [-0.1, -0.05) is 0 Å². The largest absolute Gasteiger partial charge is 0.479 e. The van der Waals surface area contributed by atoms with Crippen LogP contribution in [0.5, 0.6) is 0 Å². The molecule has 0 aliphatic heterocycles. The maximum absolute atomic E-state index is 10.7. The first-order chi connectivity index (χ1) is 7.41. The van der Waals surface area contributed by atoms with Crippen LogP contribution in [0.15, 0.2) is 12.2 Å². The molecule has 0 saturated carbocycles. The van der Waals surface area contributed by atoms with E-state index in [2.05, 4.69) is 9.47 Å². The quantitative estimate of drug-likeness (QED) is 0.431. The van der Waals surface area contributed by atoms with Crippen LogP contribution in [0.3, 0.4) is 0 Å². The van der Waals surface area contributed by atoms with Gasteiger partial charge in [-0.05, 0) is 0 Å².